The number of alkyl carbamates (subject to hydrolysis) is 2. The summed E-state index contributed by atoms with van der Waals surface area (Å²) in [6.45, 7) is 8.96. The van der Waals surface area contributed by atoms with Gasteiger partial charge in [0.2, 0.25) is 11.8 Å². The number of hydrogen-bond acceptors (Lipinski definition) is 10. The molecule has 5 heterocycles. The summed E-state index contributed by atoms with van der Waals surface area (Å²) < 4.78 is 22.2. The van der Waals surface area contributed by atoms with Crippen LogP contribution in [0.3, 0.4) is 0 Å². The van der Waals surface area contributed by atoms with Gasteiger partial charge in [-0.15, -0.1) is 0 Å². The number of rotatable bonds is 10. The lowest BCUT2D eigenvalue weighted by Crippen LogP contribution is -2.51. The predicted octanol–water partition coefficient (Wildman–Crippen LogP) is 6.24. The van der Waals surface area contributed by atoms with Crippen LogP contribution in [0, 0.1) is 11.8 Å². The number of H-pyrrole nitrogens is 2. The van der Waals surface area contributed by atoms with Crippen LogP contribution in [0.2, 0.25) is 0 Å². The van der Waals surface area contributed by atoms with Crippen molar-refractivity contribution >= 4 is 24.0 Å². The molecule has 0 bridgehead atoms. The second-order valence-electron chi connectivity index (χ2n) is 15.3. The third-order valence-corrected chi connectivity index (χ3v) is 10.9. The van der Waals surface area contributed by atoms with E-state index in [-0.39, 0.29) is 42.3 Å². The average molecular weight is 783 g/mol. The largest absolute Gasteiger partial charge is 0.485 e. The Labute approximate surface area is 331 Å². The van der Waals surface area contributed by atoms with Crippen LogP contribution in [-0.4, -0.2) is 93.1 Å². The number of carbonyl (C=O) groups excluding carboxylic acids is 4. The van der Waals surface area contributed by atoms with E-state index in [1.807, 2.05) is 64.1 Å². The molecule has 4 aromatic rings. The maximum atomic E-state index is 13.6. The number of benzene rings is 2. The molecular formula is C41H50N8O8. The van der Waals surface area contributed by atoms with Gasteiger partial charge in [0.1, 0.15) is 36.1 Å². The van der Waals surface area contributed by atoms with Gasteiger partial charge >= 0.3 is 12.2 Å². The van der Waals surface area contributed by atoms with Crippen LogP contribution in [0.4, 0.5) is 9.59 Å². The van der Waals surface area contributed by atoms with E-state index in [0.29, 0.717) is 42.0 Å². The standard InChI is InChI=1S/C41H50N8O8/c1-22(2)34(46-40(52)54-5)38(50)48-15-7-9-29(48)36-42-19-27(44-36)24-11-13-31-26(17-24)21-56-33-18-25(12-14-32(33)57-31)28-20-43-37(45-28)30-10-8-16-49(30)39(51)35(23(3)4)47-41(53)55-6/h11-14,17-20,22-23,29-30,34-35H,7-10,15-16,21H2,1-6H3,(H,42,44)(H,43,45)(H,46,52)(H,47,53)/t29?,30-,34-,35-/m0/s1. The molecule has 4 N–H and O–H groups in total. The number of imidazole rings is 2. The molecule has 16 nitrogen and oxygen atoms in total. The Bertz CT molecular complexity index is 1980. The molecular weight excluding hydrogens is 732 g/mol. The molecule has 2 aromatic carbocycles. The zero-order valence-electron chi connectivity index (χ0n) is 33.1. The number of hydrogen-bond donors (Lipinski definition) is 4. The van der Waals surface area contributed by atoms with E-state index in [2.05, 4.69) is 30.6 Å². The maximum absolute atomic E-state index is 13.6. The number of nitrogens with one attached hydrogen (secondary N) is 4. The second-order valence-corrected chi connectivity index (χ2v) is 15.3. The van der Waals surface area contributed by atoms with E-state index < -0.39 is 24.3 Å². The Balaban J connectivity index is 1.03. The summed E-state index contributed by atoms with van der Waals surface area (Å²) in [6.07, 6.45) is 5.38. The number of likely N-dealkylation sites (tertiary alicyclic amines) is 2. The van der Waals surface area contributed by atoms with Crippen molar-refractivity contribution in [3.05, 3.63) is 66.0 Å². The Morgan fingerprint density at radius 1 is 0.719 bits per heavy atom. The normalized spacial score (nSPS) is 18.5. The Hall–Kier alpha value is -6.06. The summed E-state index contributed by atoms with van der Waals surface area (Å²) in [4.78, 5) is 71.0. The van der Waals surface area contributed by atoms with Crippen molar-refractivity contribution in [3.63, 3.8) is 0 Å². The minimum absolute atomic E-state index is 0.125. The minimum atomic E-state index is -0.714. The van der Waals surface area contributed by atoms with Crippen molar-refractivity contribution in [2.45, 2.75) is 84.2 Å². The van der Waals surface area contributed by atoms with Gasteiger partial charge in [0.15, 0.2) is 11.5 Å². The highest BCUT2D eigenvalue weighted by atomic mass is 16.5. The summed E-state index contributed by atoms with van der Waals surface area (Å²) in [5, 5.41) is 5.38. The summed E-state index contributed by atoms with van der Waals surface area (Å²) in [5.74, 6) is 2.60. The zero-order valence-corrected chi connectivity index (χ0v) is 33.1. The summed E-state index contributed by atoms with van der Waals surface area (Å²) in [7, 11) is 2.56. The number of aromatic nitrogens is 4. The molecule has 0 saturated carbocycles. The molecule has 2 aromatic heterocycles. The molecule has 4 amide bonds. The lowest BCUT2D eigenvalue weighted by atomic mass is 10.0. The first kappa shape index (κ1) is 39.2. The van der Waals surface area contributed by atoms with Gasteiger partial charge in [0.05, 0.1) is 50.1 Å². The number of amides is 4. The van der Waals surface area contributed by atoms with Gasteiger partial charge in [-0.1, -0.05) is 27.7 Å². The van der Waals surface area contributed by atoms with Crippen molar-refractivity contribution in [2.24, 2.45) is 11.8 Å². The monoisotopic (exact) mass is 782 g/mol. The van der Waals surface area contributed by atoms with E-state index in [1.165, 1.54) is 14.2 Å². The van der Waals surface area contributed by atoms with Gasteiger partial charge in [-0.25, -0.2) is 19.6 Å². The van der Waals surface area contributed by atoms with Crippen molar-refractivity contribution in [2.75, 3.05) is 27.3 Å². The molecule has 1 unspecified atom stereocenters. The van der Waals surface area contributed by atoms with Gasteiger partial charge in [0.25, 0.3) is 0 Å². The zero-order chi connectivity index (χ0) is 40.4. The van der Waals surface area contributed by atoms with Gasteiger partial charge in [-0.3, -0.25) is 9.59 Å². The number of fused-ring (bicyclic) bond motifs is 2. The molecule has 7 rings (SSSR count). The first-order chi connectivity index (χ1) is 27.4. The Kier molecular flexibility index (Phi) is 11.4. The fourth-order valence-electron chi connectivity index (χ4n) is 7.80. The molecule has 0 spiro atoms. The second kappa shape index (κ2) is 16.6. The van der Waals surface area contributed by atoms with Crippen LogP contribution in [0.1, 0.15) is 82.7 Å². The van der Waals surface area contributed by atoms with Crippen molar-refractivity contribution in [1.82, 2.24) is 40.4 Å². The summed E-state index contributed by atoms with van der Waals surface area (Å²) in [5.41, 5.74) is 4.14. The molecule has 0 aliphatic carbocycles. The lowest BCUT2D eigenvalue weighted by molar-refractivity contribution is -0.136. The van der Waals surface area contributed by atoms with Gasteiger partial charge in [-0.2, -0.15) is 0 Å². The molecule has 0 radical (unpaired) electrons. The third kappa shape index (κ3) is 8.11. The fraction of sp³-hybridized carbons (Fsp3) is 0.463. The quantitative estimate of drug-likeness (QED) is 0.143. The van der Waals surface area contributed by atoms with Gasteiger partial charge in [0, 0.05) is 29.8 Å². The third-order valence-electron chi connectivity index (χ3n) is 10.9. The van der Waals surface area contributed by atoms with Crippen LogP contribution < -0.4 is 20.1 Å². The van der Waals surface area contributed by atoms with Crippen molar-refractivity contribution in [3.8, 4) is 39.8 Å². The Morgan fingerprint density at radius 2 is 1.21 bits per heavy atom. The van der Waals surface area contributed by atoms with Crippen LogP contribution in [0.15, 0.2) is 48.8 Å². The average Bonchev–Trinajstić information content (AvgIpc) is 4.04. The highest BCUT2D eigenvalue weighted by molar-refractivity contribution is 5.87. The molecule has 3 aliphatic heterocycles. The highest BCUT2D eigenvalue weighted by Crippen LogP contribution is 2.42. The number of aromatic amines is 2. The molecule has 2 saturated heterocycles. The topological polar surface area (TPSA) is 193 Å². The smallest absolute Gasteiger partial charge is 0.407 e. The fourth-order valence-corrected chi connectivity index (χ4v) is 7.80. The lowest BCUT2D eigenvalue weighted by Gasteiger charge is -2.30. The van der Waals surface area contributed by atoms with E-state index in [9.17, 15) is 19.2 Å². The molecule has 3 aliphatic rings. The number of ether oxygens (including phenoxy) is 4. The number of nitrogens with zero attached hydrogens (tertiary/aromatic N) is 4. The van der Waals surface area contributed by atoms with Crippen LogP contribution >= 0.6 is 0 Å². The minimum Gasteiger partial charge on any atom is -0.485 e. The van der Waals surface area contributed by atoms with Crippen LogP contribution in [0.5, 0.6) is 17.2 Å². The van der Waals surface area contributed by atoms with Gasteiger partial charge < -0.3 is 49.3 Å². The van der Waals surface area contributed by atoms with Crippen molar-refractivity contribution in [1.29, 1.82) is 0 Å². The maximum Gasteiger partial charge on any atom is 0.407 e. The highest BCUT2D eigenvalue weighted by Gasteiger charge is 2.39. The number of methoxy groups -OCH3 is 2. The summed E-state index contributed by atoms with van der Waals surface area (Å²) in [6, 6.07) is 9.66. The first-order valence-corrected chi connectivity index (χ1v) is 19.4. The molecule has 302 valence electrons. The molecule has 57 heavy (non-hydrogen) atoms. The van der Waals surface area contributed by atoms with Crippen LogP contribution in [-0.2, 0) is 25.7 Å². The molecule has 16 heteroatoms. The van der Waals surface area contributed by atoms with E-state index in [0.717, 1.165) is 53.8 Å². The van der Waals surface area contributed by atoms with E-state index in [4.69, 9.17) is 18.9 Å². The van der Waals surface area contributed by atoms with Gasteiger partial charge in [-0.05, 0) is 73.9 Å². The number of carbonyl (C=O) groups is 4. The SMILES string of the molecule is COC(=O)N[C@H](C(=O)N1CCCC1c1ncc(-c2ccc3c(c2)COc2cc(-c4cnc([C@@H]5CCCN5C(=O)[C@@H](NC(=O)OC)C(C)C)[nH]4)ccc2O3)[nH]1)C(C)C. The molecule has 2 fully saturated rings. The summed E-state index contributed by atoms with van der Waals surface area (Å²) >= 11 is 0. The predicted molar refractivity (Wildman–Crippen MR) is 208 cm³/mol. The Morgan fingerprint density at radius 3 is 1.70 bits per heavy atom. The van der Waals surface area contributed by atoms with Crippen molar-refractivity contribution < 1.29 is 38.1 Å². The molecule has 4 atom stereocenters. The van der Waals surface area contributed by atoms with E-state index in [1.54, 1.807) is 22.2 Å². The first-order valence-electron chi connectivity index (χ1n) is 19.4. The van der Waals surface area contributed by atoms with E-state index >= 15 is 0 Å². The van der Waals surface area contributed by atoms with Crippen LogP contribution in [0.25, 0.3) is 22.5 Å².